The summed E-state index contributed by atoms with van der Waals surface area (Å²) < 4.78 is 12.8. The molecular weight excluding hydrogens is 554 g/mol. The zero-order chi connectivity index (χ0) is 24.4. The van der Waals surface area contributed by atoms with Gasteiger partial charge in [-0.3, -0.25) is 9.69 Å². The maximum Gasteiger partial charge on any atom is 0.270 e. The summed E-state index contributed by atoms with van der Waals surface area (Å²) >= 11 is 16.4. The second-order valence-electron chi connectivity index (χ2n) is 7.76. The number of thiocarbonyl (C=S) groups is 1. The third-order valence-electron chi connectivity index (χ3n) is 5.23. The van der Waals surface area contributed by atoms with Crippen molar-refractivity contribution in [3.05, 3.63) is 91.3 Å². The second kappa shape index (κ2) is 10.5. The van der Waals surface area contributed by atoms with Crippen molar-refractivity contribution >= 4 is 73.5 Å². The van der Waals surface area contributed by atoms with Crippen LogP contribution in [0.25, 0.3) is 6.08 Å². The SMILES string of the molecule is COc1cc(/C=C2\SC(=S)N(c3ccc(C)cc3C)C2=O)cc(Br)c1OCc1ccc(Cl)cc1. The molecule has 0 saturated carbocycles. The molecule has 0 atom stereocenters. The number of hydrogen-bond acceptors (Lipinski definition) is 5. The van der Waals surface area contributed by atoms with Gasteiger partial charge in [-0.15, -0.1) is 0 Å². The number of nitrogens with zero attached hydrogens (tertiary/aromatic N) is 1. The van der Waals surface area contributed by atoms with E-state index in [2.05, 4.69) is 15.9 Å². The van der Waals surface area contributed by atoms with Crippen LogP contribution in [-0.4, -0.2) is 17.3 Å². The van der Waals surface area contributed by atoms with E-state index in [0.29, 0.717) is 32.4 Å². The van der Waals surface area contributed by atoms with E-state index in [-0.39, 0.29) is 5.91 Å². The summed E-state index contributed by atoms with van der Waals surface area (Å²) in [5.41, 5.74) is 4.73. The van der Waals surface area contributed by atoms with Gasteiger partial charge >= 0.3 is 0 Å². The van der Waals surface area contributed by atoms with E-state index in [1.165, 1.54) is 11.8 Å². The average molecular weight is 575 g/mol. The minimum Gasteiger partial charge on any atom is -0.493 e. The fourth-order valence-electron chi connectivity index (χ4n) is 3.58. The number of halogens is 2. The van der Waals surface area contributed by atoms with E-state index < -0.39 is 0 Å². The fourth-order valence-corrected chi connectivity index (χ4v) is 5.57. The van der Waals surface area contributed by atoms with Crippen molar-refractivity contribution in [2.75, 3.05) is 12.0 Å². The molecule has 1 saturated heterocycles. The van der Waals surface area contributed by atoms with Gasteiger partial charge in [-0.2, -0.15) is 0 Å². The first-order valence-electron chi connectivity index (χ1n) is 10.4. The van der Waals surface area contributed by atoms with E-state index in [0.717, 1.165) is 32.4 Å². The van der Waals surface area contributed by atoms with Crippen molar-refractivity contribution in [3.63, 3.8) is 0 Å². The highest BCUT2D eigenvalue weighted by Crippen LogP contribution is 2.41. The third kappa shape index (κ3) is 5.33. The highest BCUT2D eigenvalue weighted by Gasteiger charge is 2.34. The fraction of sp³-hybridized carbons (Fsp3) is 0.154. The highest BCUT2D eigenvalue weighted by molar-refractivity contribution is 9.10. The van der Waals surface area contributed by atoms with Gasteiger partial charge in [0.05, 0.1) is 22.2 Å². The number of amides is 1. The minimum atomic E-state index is -0.139. The van der Waals surface area contributed by atoms with Crippen LogP contribution in [0.4, 0.5) is 5.69 Å². The number of thioether (sulfide) groups is 1. The Hall–Kier alpha value is -2.32. The van der Waals surface area contributed by atoms with Gasteiger partial charge in [-0.05, 0) is 82.9 Å². The topological polar surface area (TPSA) is 38.8 Å². The Balaban J connectivity index is 1.59. The van der Waals surface area contributed by atoms with Crippen molar-refractivity contribution in [2.24, 2.45) is 0 Å². The largest absolute Gasteiger partial charge is 0.493 e. The van der Waals surface area contributed by atoms with Gasteiger partial charge in [-0.1, -0.05) is 65.4 Å². The number of methoxy groups -OCH3 is 1. The smallest absolute Gasteiger partial charge is 0.270 e. The molecule has 0 spiro atoms. The van der Waals surface area contributed by atoms with Gasteiger partial charge in [0.1, 0.15) is 6.61 Å². The Bertz CT molecular complexity index is 1310. The van der Waals surface area contributed by atoms with E-state index >= 15 is 0 Å². The number of carbonyl (C=O) groups excluding carboxylic acids is 1. The van der Waals surface area contributed by atoms with Crippen molar-refractivity contribution in [1.29, 1.82) is 0 Å². The Morgan fingerprint density at radius 2 is 1.85 bits per heavy atom. The molecule has 0 unspecified atom stereocenters. The number of ether oxygens (including phenoxy) is 2. The van der Waals surface area contributed by atoms with Crippen LogP contribution in [0, 0.1) is 13.8 Å². The lowest BCUT2D eigenvalue weighted by Crippen LogP contribution is -2.28. The number of rotatable bonds is 6. The van der Waals surface area contributed by atoms with E-state index in [9.17, 15) is 4.79 Å². The average Bonchev–Trinajstić information content (AvgIpc) is 3.06. The van der Waals surface area contributed by atoms with Crippen LogP contribution in [-0.2, 0) is 11.4 Å². The molecule has 4 rings (SSSR count). The zero-order valence-corrected chi connectivity index (χ0v) is 22.7. The molecule has 1 aliphatic rings. The van der Waals surface area contributed by atoms with Crippen LogP contribution >= 0.6 is 51.5 Å². The summed E-state index contributed by atoms with van der Waals surface area (Å²) in [5.74, 6) is 0.997. The molecule has 0 N–H and O–H groups in total. The van der Waals surface area contributed by atoms with Crippen LogP contribution < -0.4 is 14.4 Å². The summed E-state index contributed by atoms with van der Waals surface area (Å²) in [4.78, 5) is 15.4. The quantitative estimate of drug-likeness (QED) is 0.223. The van der Waals surface area contributed by atoms with Crippen LogP contribution in [0.5, 0.6) is 11.5 Å². The molecule has 1 amide bonds. The predicted molar refractivity (Wildman–Crippen MR) is 148 cm³/mol. The third-order valence-corrected chi connectivity index (χ3v) is 7.38. The van der Waals surface area contributed by atoms with Gasteiger partial charge < -0.3 is 9.47 Å². The highest BCUT2D eigenvalue weighted by atomic mass is 79.9. The lowest BCUT2D eigenvalue weighted by atomic mass is 10.1. The first kappa shape index (κ1) is 24.8. The van der Waals surface area contributed by atoms with E-state index in [1.807, 2.05) is 74.5 Å². The molecule has 3 aromatic carbocycles. The number of benzene rings is 3. The summed E-state index contributed by atoms with van der Waals surface area (Å²) in [6, 6.07) is 17.2. The maximum absolute atomic E-state index is 13.2. The Morgan fingerprint density at radius 3 is 2.53 bits per heavy atom. The summed E-state index contributed by atoms with van der Waals surface area (Å²) in [7, 11) is 1.58. The first-order valence-corrected chi connectivity index (χ1v) is 12.8. The van der Waals surface area contributed by atoms with Crippen LogP contribution in [0.3, 0.4) is 0 Å². The van der Waals surface area contributed by atoms with Gasteiger partial charge in [0.2, 0.25) is 0 Å². The van der Waals surface area contributed by atoms with Crippen molar-refractivity contribution in [3.8, 4) is 11.5 Å². The van der Waals surface area contributed by atoms with Crippen molar-refractivity contribution < 1.29 is 14.3 Å². The first-order chi connectivity index (χ1) is 16.3. The molecule has 34 heavy (non-hydrogen) atoms. The van der Waals surface area contributed by atoms with Crippen LogP contribution in [0.15, 0.2) is 64.0 Å². The Labute approximate surface area is 222 Å². The number of aryl methyl sites for hydroxylation is 2. The molecule has 1 heterocycles. The molecule has 0 radical (unpaired) electrons. The lowest BCUT2D eigenvalue weighted by Gasteiger charge is -2.17. The Morgan fingerprint density at radius 1 is 1.12 bits per heavy atom. The van der Waals surface area contributed by atoms with Crippen LogP contribution in [0.2, 0.25) is 5.02 Å². The standard InChI is InChI=1S/C26H21BrClNO3S2/c1-15-4-9-21(16(2)10-15)29-25(30)23(34-26(29)33)13-18-11-20(27)24(22(12-18)31-3)32-14-17-5-7-19(28)8-6-17/h4-13H,14H2,1-3H3/b23-13-. The van der Waals surface area contributed by atoms with Gasteiger partial charge in [0.15, 0.2) is 15.8 Å². The summed E-state index contributed by atoms with van der Waals surface area (Å²) in [6.45, 7) is 4.37. The normalized spacial score (nSPS) is 14.7. The second-order valence-corrected chi connectivity index (χ2v) is 10.7. The zero-order valence-electron chi connectivity index (χ0n) is 18.7. The summed E-state index contributed by atoms with van der Waals surface area (Å²) in [6.07, 6.45) is 1.82. The van der Waals surface area contributed by atoms with Crippen molar-refractivity contribution in [2.45, 2.75) is 20.5 Å². The molecule has 4 nitrogen and oxygen atoms in total. The summed E-state index contributed by atoms with van der Waals surface area (Å²) in [5, 5.41) is 0.676. The predicted octanol–water partition coefficient (Wildman–Crippen LogP) is 7.71. The molecule has 1 aliphatic heterocycles. The van der Waals surface area contributed by atoms with Crippen molar-refractivity contribution in [1.82, 2.24) is 0 Å². The van der Waals surface area contributed by atoms with E-state index in [1.54, 1.807) is 12.0 Å². The minimum absolute atomic E-state index is 0.139. The molecule has 3 aromatic rings. The maximum atomic E-state index is 13.2. The molecule has 0 aliphatic carbocycles. The Kier molecular flexibility index (Phi) is 7.67. The molecule has 0 bridgehead atoms. The molecule has 174 valence electrons. The number of hydrogen-bond donors (Lipinski definition) is 0. The van der Waals surface area contributed by atoms with E-state index in [4.69, 9.17) is 33.3 Å². The number of carbonyl (C=O) groups is 1. The van der Waals surface area contributed by atoms with Gasteiger partial charge in [-0.25, -0.2) is 0 Å². The molecular formula is C26H21BrClNO3S2. The van der Waals surface area contributed by atoms with Crippen LogP contribution in [0.1, 0.15) is 22.3 Å². The monoisotopic (exact) mass is 573 g/mol. The molecule has 0 aromatic heterocycles. The molecule has 1 fully saturated rings. The van der Waals surface area contributed by atoms with Gasteiger partial charge in [0, 0.05) is 5.02 Å². The van der Waals surface area contributed by atoms with Gasteiger partial charge in [0.25, 0.3) is 5.91 Å². The lowest BCUT2D eigenvalue weighted by molar-refractivity contribution is -0.113. The number of anilines is 1. The molecule has 8 heteroatoms.